The molecule has 1 aliphatic carbocycles. The van der Waals surface area contributed by atoms with E-state index in [4.69, 9.17) is 0 Å². The van der Waals surface area contributed by atoms with E-state index in [2.05, 4.69) is 4.98 Å². The number of halogens is 4. The molecule has 10 heteroatoms. The minimum atomic E-state index is -4.85. The highest BCUT2D eigenvalue weighted by Gasteiger charge is 2.35. The van der Waals surface area contributed by atoms with E-state index in [1.54, 1.807) is 30.3 Å². The molecule has 1 aliphatic rings. The summed E-state index contributed by atoms with van der Waals surface area (Å²) in [7, 11) is -4.18. The van der Waals surface area contributed by atoms with Gasteiger partial charge < -0.3 is 4.57 Å². The zero-order chi connectivity index (χ0) is 24.8. The van der Waals surface area contributed by atoms with Crippen LogP contribution in [0.1, 0.15) is 24.0 Å². The first-order valence-electron chi connectivity index (χ1n) is 11.0. The van der Waals surface area contributed by atoms with Crippen LogP contribution in [-0.2, 0) is 29.3 Å². The Morgan fingerprint density at radius 2 is 1.66 bits per heavy atom. The van der Waals surface area contributed by atoms with Crippen LogP contribution in [0.25, 0.3) is 11.0 Å². The van der Waals surface area contributed by atoms with Crippen molar-refractivity contribution in [1.29, 1.82) is 0 Å². The third-order valence-corrected chi connectivity index (χ3v) is 7.73. The average Bonchev–Trinajstić information content (AvgIpc) is 3.57. The van der Waals surface area contributed by atoms with Crippen molar-refractivity contribution in [2.75, 3.05) is 4.31 Å². The van der Waals surface area contributed by atoms with Gasteiger partial charge in [0.1, 0.15) is 5.82 Å². The largest absolute Gasteiger partial charge is 0.419 e. The van der Waals surface area contributed by atoms with E-state index in [1.807, 2.05) is 16.7 Å². The van der Waals surface area contributed by atoms with Crippen molar-refractivity contribution in [1.82, 2.24) is 9.55 Å². The summed E-state index contributed by atoms with van der Waals surface area (Å²) >= 11 is 0. The highest BCUT2D eigenvalue weighted by Crippen LogP contribution is 2.36. The number of aromatic nitrogens is 2. The zero-order valence-electron chi connectivity index (χ0n) is 18.4. The predicted molar refractivity (Wildman–Crippen MR) is 124 cm³/mol. The van der Waals surface area contributed by atoms with Gasteiger partial charge in [-0.1, -0.05) is 36.4 Å². The highest BCUT2D eigenvalue weighted by molar-refractivity contribution is 7.92. The maximum Gasteiger partial charge on any atom is 0.419 e. The number of alkyl halides is 3. The molecule has 0 atom stereocenters. The minimum Gasteiger partial charge on any atom is -0.309 e. The Balaban J connectivity index is 1.65. The molecule has 182 valence electrons. The van der Waals surface area contributed by atoms with Crippen LogP contribution in [0.4, 0.5) is 23.5 Å². The van der Waals surface area contributed by atoms with Gasteiger partial charge in [-0.2, -0.15) is 13.2 Å². The highest BCUT2D eigenvalue weighted by atomic mass is 32.2. The Morgan fingerprint density at radius 1 is 0.971 bits per heavy atom. The standard InChI is InChI=1S/C25H21F4N3O2S/c26-21-14-18(12-13-20(21)25(27,28)29)16-32(35(33,34)19-6-2-1-3-7-19)24-30-22-8-4-5-9-23(22)31(24)15-17-10-11-17/h1-9,12-14,17H,10-11,15-16H2. The number of imidazole rings is 1. The monoisotopic (exact) mass is 503 g/mol. The van der Waals surface area contributed by atoms with Crippen LogP contribution in [-0.4, -0.2) is 18.0 Å². The molecule has 3 aromatic carbocycles. The number of hydrogen-bond acceptors (Lipinski definition) is 3. The van der Waals surface area contributed by atoms with Gasteiger partial charge in [-0.25, -0.2) is 22.1 Å². The smallest absolute Gasteiger partial charge is 0.309 e. The van der Waals surface area contributed by atoms with Crippen molar-refractivity contribution in [3.8, 4) is 0 Å². The Hall–Kier alpha value is -3.40. The molecule has 0 amide bonds. The predicted octanol–water partition coefficient (Wildman–Crippen LogP) is 6.00. The molecule has 1 fully saturated rings. The van der Waals surface area contributed by atoms with Crippen LogP contribution in [0, 0.1) is 11.7 Å². The Kier molecular flexibility index (Phi) is 5.79. The fourth-order valence-corrected chi connectivity index (χ4v) is 5.46. The number of sulfonamides is 1. The first-order valence-corrected chi connectivity index (χ1v) is 12.5. The second-order valence-corrected chi connectivity index (χ2v) is 10.5. The first kappa shape index (κ1) is 23.3. The summed E-state index contributed by atoms with van der Waals surface area (Å²) in [6.45, 7) is 0.165. The maximum atomic E-state index is 14.3. The normalized spacial score (nSPS) is 14.4. The van der Waals surface area contributed by atoms with Gasteiger partial charge in [0.25, 0.3) is 10.0 Å². The third kappa shape index (κ3) is 4.62. The molecule has 0 saturated heterocycles. The zero-order valence-corrected chi connectivity index (χ0v) is 19.2. The lowest BCUT2D eigenvalue weighted by Gasteiger charge is -2.25. The summed E-state index contributed by atoms with van der Waals surface area (Å²) in [6, 6.07) is 17.4. The molecule has 0 aliphatic heterocycles. The van der Waals surface area contributed by atoms with Gasteiger partial charge in [-0.05, 0) is 60.7 Å². The molecule has 0 N–H and O–H groups in total. The number of fused-ring (bicyclic) bond motifs is 1. The van der Waals surface area contributed by atoms with Crippen molar-refractivity contribution in [3.63, 3.8) is 0 Å². The van der Waals surface area contributed by atoms with E-state index in [0.717, 1.165) is 34.8 Å². The number of rotatable bonds is 7. The van der Waals surface area contributed by atoms with Gasteiger partial charge >= 0.3 is 6.18 Å². The number of anilines is 1. The molecule has 1 aromatic heterocycles. The lowest BCUT2D eigenvalue weighted by Crippen LogP contribution is -2.33. The minimum absolute atomic E-state index is 0.00240. The molecule has 5 nitrogen and oxygen atoms in total. The van der Waals surface area contributed by atoms with Crippen molar-refractivity contribution >= 4 is 27.0 Å². The van der Waals surface area contributed by atoms with Crippen LogP contribution in [0.2, 0.25) is 0 Å². The lowest BCUT2D eigenvalue weighted by atomic mass is 10.1. The second-order valence-electron chi connectivity index (χ2n) is 8.59. The molecule has 0 spiro atoms. The molecular weight excluding hydrogens is 482 g/mol. The van der Waals surface area contributed by atoms with Gasteiger partial charge in [0.2, 0.25) is 5.95 Å². The quantitative estimate of drug-likeness (QED) is 0.291. The summed E-state index contributed by atoms with van der Waals surface area (Å²) in [5.74, 6) is -0.933. The van der Waals surface area contributed by atoms with Crippen LogP contribution >= 0.6 is 0 Å². The van der Waals surface area contributed by atoms with Gasteiger partial charge in [0, 0.05) is 6.54 Å². The van der Waals surface area contributed by atoms with E-state index in [0.29, 0.717) is 24.0 Å². The Morgan fingerprint density at radius 3 is 2.31 bits per heavy atom. The SMILES string of the molecule is O=S(=O)(c1ccccc1)N(Cc1ccc(C(F)(F)F)c(F)c1)c1nc2ccccc2n1CC1CC1. The van der Waals surface area contributed by atoms with Crippen molar-refractivity contribution in [2.24, 2.45) is 5.92 Å². The molecule has 0 unspecified atom stereocenters. The fourth-order valence-electron chi connectivity index (χ4n) is 4.03. The van der Waals surface area contributed by atoms with Gasteiger partial charge in [0.05, 0.1) is 28.0 Å². The second kappa shape index (κ2) is 8.67. The first-order chi connectivity index (χ1) is 16.6. The number of para-hydroxylation sites is 2. The van der Waals surface area contributed by atoms with Crippen LogP contribution < -0.4 is 4.31 Å². The molecule has 1 heterocycles. The number of nitrogens with zero attached hydrogens (tertiary/aromatic N) is 3. The van der Waals surface area contributed by atoms with E-state index in [1.165, 1.54) is 12.1 Å². The molecule has 35 heavy (non-hydrogen) atoms. The Labute approximate surface area is 199 Å². The summed E-state index contributed by atoms with van der Waals surface area (Å²) in [6.07, 6.45) is -2.82. The summed E-state index contributed by atoms with van der Waals surface area (Å²) in [4.78, 5) is 4.59. The Bertz CT molecular complexity index is 1480. The van der Waals surface area contributed by atoms with E-state index < -0.39 is 27.6 Å². The molecule has 4 aromatic rings. The van der Waals surface area contributed by atoms with Crippen LogP contribution in [0.5, 0.6) is 0 Å². The third-order valence-electron chi connectivity index (χ3n) is 5.99. The molecule has 0 bridgehead atoms. The van der Waals surface area contributed by atoms with E-state index >= 15 is 0 Å². The summed E-state index contributed by atoms with van der Waals surface area (Å²) in [5, 5.41) is 0. The molecule has 5 rings (SSSR count). The lowest BCUT2D eigenvalue weighted by molar-refractivity contribution is -0.140. The summed E-state index contributed by atoms with van der Waals surface area (Å²) < 4.78 is 83.9. The molecule has 1 saturated carbocycles. The van der Waals surface area contributed by atoms with Crippen molar-refractivity contribution in [2.45, 2.75) is 37.0 Å². The topological polar surface area (TPSA) is 55.2 Å². The summed E-state index contributed by atoms with van der Waals surface area (Å²) in [5.41, 5.74) is 0.0102. The van der Waals surface area contributed by atoms with Crippen molar-refractivity contribution in [3.05, 3.63) is 89.7 Å². The van der Waals surface area contributed by atoms with Gasteiger partial charge in [-0.15, -0.1) is 0 Å². The number of hydrogen-bond donors (Lipinski definition) is 0. The average molecular weight is 504 g/mol. The fraction of sp³-hybridized carbons (Fsp3) is 0.240. The molecular formula is C25H21F4N3O2S. The van der Waals surface area contributed by atoms with E-state index in [9.17, 15) is 26.0 Å². The van der Waals surface area contributed by atoms with E-state index in [-0.39, 0.29) is 23.0 Å². The molecule has 0 radical (unpaired) electrons. The van der Waals surface area contributed by atoms with Crippen LogP contribution in [0.15, 0.2) is 77.7 Å². The van der Waals surface area contributed by atoms with Crippen molar-refractivity contribution < 1.29 is 26.0 Å². The van der Waals surface area contributed by atoms with Gasteiger partial charge in [-0.3, -0.25) is 0 Å². The maximum absolute atomic E-state index is 14.3. The van der Waals surface area contributed by atoms with Crippen LogP contribution in [0.3, 0.4) is 0 Å². The number of benzene rings is 3. The van der Waals surface area contributed by atoms with Gasteiger partial charge in [0.15, 0.2) is 0 Å².